The van der Waals surface area contributed by atoms with Crippen molar-refractivity contribution in [2.75, 3.05) is 37.1 Å². The van der Waals surface area contributed by atoms with Crippen molar-refractivity contribution >= 4 is 33.6 Å². The summed E-state index contributed by atoms with van der Waals surface area (Å²) in [7, 11) is 0. The molecule has 1 rings (SSSR count). The number of carbonyl (C=O) groups is 1. The van der Waals surface area contributed by atoms with Gasteiger partial charge in [-0.15, -0.1) is 0 Å². The monoisotopic (exact) mass is 267 g/mol. The van der Waals surface area contributed by atoms with Crippen LogP contribution in [-0.4, -0.2) is 53.9 Å². The molecular weight excluding hydrogens is 254 g/mol. The van der Waals surface area contributed by atoms with Gasteiger partial charge in [0.15, 0.2) is 0 Å². The zero-order valence-electron chi connectivity index (χ0n) is 7.66. The number of nitrogens with zero attached hydrogens (tertiary/aromatic N) is 1. The topological polar surface area (TPSA) is 29.5 Å². The summed E-state index contributed by atoms with van der Waals surface area (Å²) in [5, 5.41) is 0.799. The molecule has 0 bridgehead atoms. The number of hydrogen-bond donors (Lipinski definition) is 0. The summed E-state index contributed by atoms with van der Waals surface area (Å²) >= 11 is 4.96. The van der Waals surface area contributed by atoms with E-state index in [1.54, 1.807) is 11.8 Å². The maximum Gasteiger partial charge on any atom is 0.232 e. The molecule has 0 aromatic rings. The predicted octanol–water partition coefficient (Wildman–Crippen LogP) is 0.972. The standard InChI is InChI=1S/C8H14BrNO2S/c1-13-6-8(11)10-2-3-12-5-7(10)4-9/h7H,2-6H2,1H3. The first-order chi connectivity index (χ1) is 6.29. The highest BCUT2D eigenvalue weighted by Crippen LogP contribution is 2.11. The van der Waals surface area contributed by atoms with E-state index >= 15 is 0 Å². The highest BCUT2D eigenvalue weighted by Gasteiger charge is 2.25. The van der Waals surface area contributed by atoms with Crippen LogP contribution in [0, 0.1) is 0 Å². The lowest BCUT2D eigenvalue weighted by Gasteiger charge is -2.34. The van der Waals surface area contributed by atoms with Crippen molar-refractivity contribution in [2.24, 2.45) is 0 Å². The number of ether oxygens (including phenoxy) is 1. The van der Waals surface area contributed by atoms with Crippen molar-refractivity contribution < 1.29 is 9.53 Å². The smallest absolute Gasteiger partial charge is 0.232 e. The van der Waals surface area contributed by atoms with E-state index in [-0.39, 0.29) is 11.9 Å². The van der Waals surface area contributed by atoms with Crippen LogP contribution in [0.5, 0.6) is 0 Å². The molecule has 0 radical (unpaired) electrons. The number of alkyl halides is 1. The summed E-state index contributed by atoms with van der Waals surface area (Å²) in [6.45, 7) is 2.06. The average molecular weight is 268 g/mol. The van der Waals surface area contributed by atoms with Crippen LogP contribution in [0.1, 0.15) is 0 Å². The number of rotatable bonds is 3. The lowest BCUT2D eigenvalue weighted by atomic mass is 10.2. The van der Waals surface area contributed by atoms with Crippen LogP contribution >= 0.6 is 27.7 Å². The van der Waals surface area contributed by atoms with E-state index in [9.17, 15) is 4.79 Å². The maximum atomic E-state index is 11.6. The summed E-state index contributed by atoms with van der Waals surface area (Å²) in [6, 6.07) is 0.216. The Morgan fingerprint density at radius 1 is 1.77 bits per heavy atom. The average Bonchev–Trinajstić information content (AvgIpc) is 2.18. The number of hydrogen-bond acceptors (Lipinski definition) is 3. The first-order valence-corrected chi connectivity index (χ1v) is 6.73. The Bertz CT molecular complexity index is 180. The molecule has 1 atom stereocenters. The van der Waals surface area contributed by atoms with Crippen molar-refractivity contribution in [1.82, 2.24) is 4.90 Å². The molecule has 1 saturated heterocycles. The first kappa shape index (κ1) is 11.3. The largest absolute Gasteiger partial charge is 0.377 e. The summed E-state index contributed by atoms with van der Waals surface area (Å²) in [5.41, 5.74) is 0. The lowest BCUT2D eigenvalue weighted by Crippen LogP contribution is -2.50. The van der Waals surface area contributed by atoms with E-state index in [0.29, 0.717) is 19.0 Å². The van der Waals surface area contributed by atoms with Crippen LogP contribution in [0.3, 0.4) is 0 Å². The van der Waals surface area contributed by atoms with Gasteiger partial charge in [0, 0.05) is 11.9 Å². The molecule has 0 aliphatic carbocycles. The molecule has 1 unspecified atom stereocenters. The van der Waals surface area contributed by atoms with Crippen LogP contribution in [0.15, 0.2) is 0 Å². The molecule has 0 aromatic heterocycles. The minimum atomic E-state index is 0.216. The molecule has 5 heteroatoms. The van der Waals surface area contributed by atoms with Crippen LogP contribution in [-0.2, 0) is 9.53 Å². The number of amides is 1. The Morgan fingerprint density at radius 2 is 2.54 bits per heavy atom. The van der Waals surface area contributed by atoms with Crippen LogP contribution < -0.4 is 0 Å². The molecule has 1 aliphatic heterocycles. The lowest BCUT2D eigenvalue weighted by molar-refractivity contribution is -0.135. The van der Waals surface area contributed by atoms with E-state index in [2.05, 4.69) is 15.9 Å². The Morgan fingerprint density at radius 3 is 3.15 bits per heavy atom. The SMILES string of the molecule is CSCC(=O)N1CCOCC1CBr. The summed E-state index contributed by atoms with van der Waals surface area (Å²) in [6.07, 6.45) is 1.95. The van der Waals surface area contributed by atoms with Gasteiger partial charge in [0.2, 0.25) is 5.91 Å². The van der Waals surface area contributed by atoms with Crippen LogP contribution in [0.2, 0.25) is 0 Å². The molecule has 76 valence electrons. The summed E-state index contributed by atoms with van der Waals surface area (Å²) in [4.78, 5) is 13.5. The zero-order valence-corrected chi connectivity index (χ0v) is 10.1. The van der Waals surface area contributed by atoms with Crippen LogP contribution in [0.25, 0.3) is 0 Å². The van der Waals surface area contributed by atoms with E-state index in [4.69, 9.17) is 4.74 Å². The second-order valence-electron chi connectivity index (χ2n) is 2.90. The van der Waals surface area contributed by atoms with E-state index in [0.717, 1.165) is 11.9 Å². The van der Waals surface area contributed by atoms with Gasteiger partial charge in [-0.1, -0.05) is 15.9 Å². The molecule has 0 aromatic carbocycles. The Labute approximate surface area is 91.3 Å². The van der Waals surface area contributed by atoms with Crippen molar-refractivity contribution in [1.29, 1.82) is 0 Å². The Hall–Kier alpha value is 0.260. The van der Waals surface area contributed by atoms with E-state index in [1.807, 2.05) is 11.2 Å². The highest BCUT2D eigenvalue weighted by atomic mass is 79.9. The third kappa shape index (κ3) is 3.14. The fourth-order valence-corrected chi connectivity index (χ4v) is 2.27. The molecule has 1 aliphatic rings. The van der Waals surface area contributed by atoms with Gasteiger partial charge in [-0.2, -0.15) is 11.8 Å². The number of thioether (sulfide) groups is 1. The predicted molar refractivity (Wildman–Crippen MR) is 58.5 cm³/mol. The van der Waals surface area contributed by atoms with Gasteiger partial charge < -0.3 is 9.64 Å². The Balaban J connectivity index is 2.48. The Kier molecular flexibility index (Phi) is 5.13. The number of morpholine rings is 1. The number of halogens is 1. The maximum absolute atomic E-state index is 11.6. The fourth-order valence-electron chi connectivity index (χ4n) is 1.32. The van der Waals surface area contributed by atoms with Crippen LogP contribution in [0.4, 0.5) is 0 Å². The normalized spacial score (nSPS) is 23.2. The van der Waals surface area contributed by atoms with Gasteiger partial charge in [-0.05, 0) is 6.26 Å². The zero-order chi connectivity index (χ0) is 9.68. The van der Waals surface area contributed by atoms with Gasteiger partial charge >= 0.3 is 0 Å². The molecule has 0 spiro atoms. The highest BCUT2D eigenvalue weighted by molar-refractivity contribution is 9.09. The first-order valence-electron chi connectivity index (χ1n) is 4.21. The van der Waals surface area contributed by atoms with Gasteiger partial charge in [-0.3, -0.25) is 4.79 Å². The summed E-state index contributed by atoms with van der Waals surface area (Å²) < 4.78 is 5.30. The molecule has 0 saturated carbocycles. The minimum Gasteiger partial charge on any atom is -0.377 e. The molecule has 1 amide bonds. The summed E-state index contributed by atoms with van der Waals surface area (Å²) in [5.74, 6) is 0.795. The van der Waals surface area contributed by atoms with Gasteiger partial charge in [0.05, 0.1) is 25.0 Å². The van der Waals surface area contributed by atoms with Crippen molar-refractivity contribution in [3.05, 3.63) is 0 Å². The van der Waals surface area contributed by atoms with Gasteiger partial charge in [-0.25, -0.2) is 0 Å². The van der Waals surface area contributed by atoms with Crippen molar-refractivity contribution in [2.45, 2.75) is 6.04 Å². The molecule has 3 nitrogen and oxygen atoms in total. The molecule has 13 heavy (non-hydrogen) atoms. The fraction of sp³-hybridized carbons (Fsp3) is 0.875. The molecule has 1 fully saturated rings. The molecule has 1 heterocycles. The van der Waals surface area contributed by atoms with Gasteiger partial charge in [0.1, 0.15) is 0 Å². The van der Waals surface area contributed by atoms with E-state index < -0.39 is 0 Å². The molecular formula is C8H14BrNO2S. The third-order valence-corrected chi connectivity index (χ3v) is 3.28. The van der Waals surface area contributed by atoms with E-state index in [1.165, 1.54) is 0 Å². The number of carbonyl (C=O) groups excluding carboxylic acids is 1. The second-order valence-corrected chi connectivity index (χ2v) is 4.42. The van der Waals surface area contributed by atoms with Crippen molar-refractivity contribution in [3.8, 4) is 0 Å². The quantitative estimate of drug-likeness (QED) is 0.714. The van der Waals surface area contributed by atoms with Gasteiger partial charge in [0.25, 0.3) is 0 Å². The van der Waals surface area contributed by atoms with Crippen molar-refractivity contribution in [3.63, 3.8) is 0 Å². The second kappa shape index (κ2) is 5.88. The minimum absolute atomic E-state index is 0.216. The molecule has 0 N–H and O–H groups in total. The third-order valence-electron chi connectivity index (χ3n) is 1.99.